The monoisotopic (exact) mass is 222 g/mol. The second-order valence-electron chi connectivity index (χ2n) is 2.53. The third-order valence-electron chi connectivity index (χ3n) is 1.55. The van der Waals surface area contributed by atoms with Crippen molar-refractivity contribution in [2.75, 3.05) is 0 Å². The van der Waals surface area contributed by atoms with Crippen LogP contribution in [0.2, 0.25) is 0 Å². The Hall–Kier alpha value is -1.72. The van der Waals surface area contributed by atoms with Crippen LogP contribution in [0.1, 0.15) is 18.4 Å². The highest BCUT2D eigenvalue weighted by Gasteiger charge is 2.01. The Morgan fingerprint density at radius 2 is 2.47 bits per heavy atom. The molecule has 0 radical (unpaired) electrons. The summed E-state index contributed by atoms with van der Waals surface area (Å²) in [5.74, 6) is 0.521. The van der Waals surface area contributed by atoms with Crippen molar-refractivity contribution in [3.05, 3.63) is 34.2 Å². The van der Waals surface area contributed by atoms with Gasteiger partial charge in [-0.15, -0.1) is 0 Å². The summed E-state index contributed by atoms with van der Waals surface area (Å²) in [6.45, 7) is 1.99. The van der Waals surface area contributed by atoms with Crippen molar-refractivity contribution in [3.8, 4) is 0 Å². The van der Waals surface area contributed by atoms with Crippen LogP contribution in [0.5, 0.6) is 0 Å². The first-order chi connectivity index (χ1) is 7.30. The summed E-state index contributed by atoms with van der Waals surface area (Å²) in [6, 6.07) is 1.78. The van der Waals surface area contributed by atoms with E-state index in [1.807, 2.05) is 6.92 Å². The third-order valence-corrected chi connectivity index (χ3v) is 2.10. The molecule has 0 aromatic carbocycles. The van der Waals surface area contributed by atoms with Gasteiger partial charge >= 0.3 is 0 Å². The molecule has 1 rings (SSSR count). The average Bonchev–Trinajstić information content (AvgIpc) is 2.26. The van der Waals surface area contributed by atoms with Crippen LogP contribution in [-0.4, -0.2) is 9.97 Å². The SMILES string of the molecule is CCc1cc(SN=[N+]=[N-])nc(C=CN)n1. The van der Waals surface area contributed by atoms with Crippen molar-refractivity contribution in [3.63, 3.8) is 0 Å². The maximum Gasteiger partial charge on any atom is 0.154 e. The highest BCUT2D eigenvalue weighted by molar-refractivity contribution is 7.97. The van der Waals surface area contributed by atoms with Crippen molar-refractivity contribution in [2.24, 2.45) is 10.3 Å². The lowest BCUT2D eigenvalue weighted by Crippen LogP contribution is -1.96. The summed E-state index contributed by atoms with van der Waals surface area (Å²) in [5.41, 5.74) is 14.3. The third kappa shape index (κ3) is 3.49. The minimum atomic E-state index is 0.521. The molecule has 0 fully saturated rings. The van der Waals surface area contributed by atoms with Gasteiger partial charge < -0.3 is 5.73 Å². The van der Waals surface area contributed by atoms with Gasteiger partial charge in [-0.2, -0.15) is 0 Å². The fourth-order valence-electron chi connectivity index (χ4n) is 0.941. The van der Waals surface area contributed by atoms with Crippen LogP contribution >= 0.6 is 11.9 Å². The molecule has 0 spiro atoms. The number of aryl methyl sites for hydroxylation is 1. The Morgan fingerprint density at radius 3 is 3.07 bits per heavy atom. The molecule has 0 saturated heterocycles. The molecule has 2 N–H and O–H groups in total. The zero-order chi connectivity index (χ0) is 11.1. The van der Waals surface area contributed by atoms with Crippen molar-refractivity contribution >= 4 is 18.0 Å². The topological polar surface area (TPSA) is 101 Å². The summed E-state index contributed by atoms with van der Waals surface area (Å²) >= 11 is 0.972. The fraction of sp³-hybridized carbons (Fsp3) is 0.250. The standard InChI is InChI=1S/C8H10N6S/c1-2-6-5-8(15-14-13-10)12-7(11-6)3-4-9/h3-5H,2,9H2,1H3. The highest BCUT2D eigenvalue weighted by Crippen LogP contribution is 2.18. The first kappa shape index (κ1) is 11.4. The van der Waals surface area contributed by atoms with Gasteiger partial charge in [-0.25, -0.2) is 9.97 Å². The molecule has 0 aliphatic carbocycles. The van der Waals surface area contributed by atoms with E-state index in [-0.39, 0.29) is 0 Å². The molecule has 7 heteroatoms. The number of rotatable bonds is 4. The number of hydrogen-bond donors (Lipinski definition) is 1. The number of hydrogen-bond acceptors (Lipinski definition) is 5. The molecule has 15 heavy (non-hydrogen) atoms. The van der Waals surface area contributed by atoms with E-state index in [4.69, 9.17) is 11.3 Å². The quantitative estimate of drug-likeness (QED) is 0.277. The lowest BCUT2D eigenvalue weighted by molar-refractivity contribution is 0.932. The molecule has 1 heterocycles. The van der Waals surface area contributed by atoms with Gasteiger partial charge in [-0.1, -0.05) is 6.92 Å². The Labute approximate surface area is 91.4 Å². The fourth-order valence-corrected chi connectivity index (χ4v) is 1.38. The van der Waals surface area contributed by atoms with E-state index in [0.717, 1.165) is 24.1 Å². The van der Waals surface area contributed by atoms with E-state index in [2.05, 4.69) is 19.4 Å². The van der Waals surface area contributed by atoms with Gasteiger partial charge in [0.25, 0.3) is 0 Å². The molecule has 78 valence electrons. The van der Waals surface area contributed by atoms with Crippen LogP contribution in [0.25, 0.3) is 16.5 Å². The van der Waals surface area contributed by atoms with E-state index in [1.165, 1.54) is 6.20 Å². The summed E-state index contributed by atoms with van der Waals surface area (Å²) in [6.07, 6.45) is 3.76. The predicted molar refractivity (Wildman–Crippen MR) is 59.6 cm³/mol. The number of nitrogens with zero attached hydrogens (tertiary/aromatic N) is 5. The summed E-state index contributed by atoms with van der Waals surface area (Å²) in [4.78, 5) is 11.0. The zero-order valence-electron chi connectivity index (χ0n) is 8.16. The number of azide groups is 1. The van der Waals surface area contributed by atoms with Crippen LogP contribution in [0, 0.1) is 0 Å². The van der Waals surface area contributed by atoms with Crippen LogP contribution < -0.4 is 5.73 Å². The normalized spacial score (nSPS) is 10.2. The van der Waals surface area contributed by atoms with Crippen LogP contribution in [0.15, 0.2) is 21.8 Å². The van der Waals surface area contributed by atoms with Gasteiger partial charge in [0.1, 0.15) is 5.03 Å². The molecule has 0 bridgehead atoms. The summed E-state index contributed by atoms with van der Waals surface area (Å²) < 4.78 is 3.37. The van der Waals surface area contributed by atoms with Gasteiger partial charge in [-0.3, -0.25) is 0 Å². The van der Waals surface area contributed by atoms with Gasteiger partial charge in [0.15, 0.2) is 5.82 Å². The molecule has 1 aromatic heterocycles. The highest BCUT2D eigenvalue weighted by atomic mass is 32.2. The molecule has 0 saturated carbocycles. The first-order valence-electron chi connectivity index (χ1n) is 4.27. The van der Waals surface area contributed by atoms with E-state index in [0.29, 0.717) is 10.9 Å². The van der Waals surface area contributed by atoms with Crippen molar-refractivity contribution < 1.29 is 0 Å². The molecule has 0 aliphatic heterocycles. The first-order valence-corrected chi connectivity index (χ1v) is 5.05. The predicted octanol–water partition coefficient (Wildman–Crippen LogP) is 2.29. The summed E-state index contributed by atoms with van der Waals surface area (Å²) in [5, 5.41) is 0.618. The minimum Gasteiger partial charge on any atom is -0.404 e. The van der Waals surface area contributed by atoms with Crippen LogP contribution in [0.3, 0.4) is 0 Å². The largest absolute Gasteiger partial charge is 0.404 e. The Balaban J connectivity index is 3.04. The zero-order valence-corrected chi connectivity index (χ0v) is 8.98. The Bertz CT molecular complexity index is 410. The van der Waals surface area contributed by atoms with Gasteiger partial charge in [-0.05, 0) is 46.8 Å². The van der Waals surface area contributed by atoms with Crippen molar-refractivity contribution in [1.82, 2.24) is 9.97 Å². The molecular formula is C8H10N6S. The van der Waals surface area contributed by atoms with Gasteiger partial charge in [0.2, 0.25) is 0 Å². The molecular weight excluding hydrogens is 212 g/mol. The number of aromatic nitrogens is 2. The van der Waals surface area contributed by atoms with Crippen molar-refractivity contribution in [1.29, 1.82) is 0 Å². The molecule has 0 amide bonds. The Kier molecular flexibility index (Phi) is 4.46. The molecule has 6 nitrogen and oxygen atoms in total. The summed E-state index contributed by atoms with van der Waals surface area (Å²) in [7, 11) is 0. The maximum atomic E-state index is 8.19. The van der Waals surface area contributed by atoms with Crippen LogP contribution in [0.4, 0.5) is 0 Å². The van der Waals surface area contributed by atoms with Crippen molar-refractivity contribution in [2.45, 2.75) is 18.4 Å². The van der Waals surface area contributed by atoms with E-state index < -0.39 is 0 Å². The van der Waals surface area contributed by atoms with E-state index >= 15 is 0 Å². The second kappa shape index (κ2) is 5.90. The number of nitrogens with two attached hydrogens (primary N) is 1. The molecule has 0 atom stereocenters. The minimum absolute atomic E-state index is 0.521. The molecule has 0 aliphatic rings. The smallest absolute Gasteiger partial charge is 0.154 e. The van der Waals surface area contributed by atoms with E-state index in [9.17, 15) is 0 Å². The lowest BCUT2D eigenvalue weighted by atomic mass is 10.3. The average molecular weight is 222 g/mol. The maximum absolute atomic E-state index is 8.19. The molecule has 0 unspecified atom stereocenters. The van der Waals surface area contributed by atoms with Crippen LogP contribution in [-0.2, 0) is 6.42 Å². The van der Waals surface area contributed by atoms with Gasteiger partial charge in [0.05, 0.1) is 0 Å². The Morgan fingerprint density at radius 1 is 1.67 bits per heavy atom. The van der Waals surface area contributed by atoms with Gasteiger partial charge in [0, 0.05) is 10.6 Å². The lowest BCUT2D eigenvalue weighted by Gasteiger charge is -2.01. The second-order valence-corrected chi connectivity index (χ2v) is 3.29. The molecule has 1 aromatic rings. The van der Waals surface area contributed by atoms with E-state index in [1.54, 1.807) is 12.1 Å².